The molecule has 3 heteroatoms. The van der Waals surface area contributed by atoms with Crippen molar-refractivity contribution in [3.8, 4) is 0 Å². The van der Waals surface area contributed by atoms with E-state index in [9.17, 15) is 0 Å². The van der Waals surface area contributed by atoms with E-state index in [4.69, 9.17) is 10.5 Å². The molecule has 1 heterocycles. The van der Waals surface area contributed by atoms with Crippen molar-refractivity contribution in [1.29, 1.82) is 0 Å². The lowest BCUT2D eigenvalue weighted by atomic mass is 10.1. The monoisotopic (exact) mass is 186 g/mol. The average Bonchev–Trinajstić information content (AvgIpc) is 2.15. The summed E-state index contributed by atoms with van der Waals surface area (Å²) in [6.07, 6.45) is 3.95. The van der Waals surface area contributed by atoms with Crippen LogP contribution in [0.1, 0.15) is 26.2 Å². The van der Waals surface area contributed by atoms with E-state index in [2.05, 4.69) is 11.8 Å². The van der Waals surface area contributed by atoms with Crippen LogP contribution in [0.15, 0.2) is 0 Å². The van der Waals surface area contributed by atoms with Gasteiger partial charge >= 0.3 is 0 Å². The molecule has 0 amide bonds. The summed E-state index contributed by atoms with van der Waals surface area (Å²) in [5.74, 6) is 0. The second kappa shape index (κ2) is 5.58. The highest BCUT2D eigenvalue weighted by molar-refractivity contribution is 4.72. The van der Waals surface area contributed by atoms with Crippen molar-refractivity contribution < 1.29 is 4.74 Å². The maximum absolute atomic E-state index is 5.71. The minimum atomic E-state index is 0.333. The number of likely N-dealkylation sites (tertiary alicyclic amines) is 1. The lowest BCUT2D eigenvalue weighted by molar-refractivity contribution is 0.0405. The van der Waals surface area contributed by atoms with Gasteiger partial charge in [0.2, 0.25) is 0 Å². The maximum Gasteiger partial charge on any atom is 0.0595 e. The normalized spacial score (nSPS) is 23.3. The zero-order valence-corrected chi connectivity index (χ0v) is 8.83. The van der Waals surface area contributed by atoms with Crippen molar-refractivity contribution in [3.63, 3.8) is 0 Å². The topological polar surface area (TPSA) is 38.5 Å². The van der Waals surface area contributed by atoms with Gasteiger partial charge in [0.25, 0.3) is 0 Å². The van der Waals surface area contributed by atoms with Gasteiger partial charge in [0.15, 0.2) is 0 Å². The van der Waals surface area contributed by atoms with Crippen molar-refractivity contribution in [2.45, 2.75) is 38.3 Å². The highest BCUT2D eigenvalue weighted by atomic mass is 16.5. The first-order valence-corrected chi connectivity index (χ1v) is 5.23. The minimum absolute atomic E-state index is 0.333. The fourth-order valence-electron chi connectivity index (χ4n) is 1.75. The molecule has 0 saturated carbocycles. The second-order valence-electron chi connectivity index (χ2n) is 4.04. The predicted octanol–water partition coefficient (Wildman–Crippen LogP) is 0.834. The first-order valence-electron chi connectivity index (χ1n) is 5.23. The number of hydrogen-bond acceptors (Lipinski definition) is 3. The van der Waals surface area contributed by atoms with Gasteiger partial charge in [-0.15, -0.1) is 0 Å². The van der Waals surface area contributed by atoms with Crippen LogP contribution in [0.3, 0.4) is 0 Å². The molecule has 0 spiro atoms. The van der Waals surface area contributed by atoms with E-state index in [-0.39, 0.29) is 0 Å². The molecule has 1 fully saturated rings. The molecule has 78 valence electrons. The van der Waals surface area contributed by atoms with Crippen LogP contribution in [0.4, 0.5) is 0 Å². The van der Waals surface area contributed by atoms with Gasteiger partial charge in [0, 0.05) is 26.2 Å². The summed E-state index contributed by atoms with van der Waals surface area (Å²) in [4.78, 5) is 2.48. The Morgan fingerprint density at radius 3 is 2.54 bits per heavy atom. The van der Waals surface area contributed by atoms with Gasteiger partial charge in [0.1, 0.15) is 0 Å². The van der Waals surface area contributed by atoms with Crippen LogP contribution in [0.25, 0.3) is 0 Å². The molecule has 1 aliphatic rings. The molecule has 0 bridgehead atoms. The van der Waals surface area contributed by atoms with Crippen LogP contribution in [-0.4, -0.2) is 43.8 Å². The quantitative estimate of drug-likeness (QED) is 0.707. The third kappa shape index (κ3) is 4.07. The fourth-order valence-corrected chi connectivity index (χ4v) is 1.75. The van der Waals surface area contributed by atoms with Gasteiger partial charge in [-0.25, -0.2) is 0 Å². The third-order valence-corrected chi connectivity index (χ3v) is 2.77. The summed E-state index contributed by atoms with van der Waals surface area (Å²) >= 11 is 0. The molecule has 1 aliphatic heterocycles. The van der Waals surface area contributed by atoms with E-state index in [1.165, 1.54) is 25.9 Å². The third-order valence-electron chi connectivity index (χ3n) is 2.77. The number of rotatable bonds is 4. The van der Waals surface area contributed by atoms with Crippen molar-refractivity contribution >= 4 is 0 Å². The van der Waals surface area contributed by atoms with E-state index < -0.39 is 0 Å². The van der Waals surface area contributed by atoms with E-state index in [1.807, 2.05) is 7.11 Å². The van der Waals surface area contributed by atoms with Gasteiger partial charge in [0.05, 0.1) is 6.10 Å². The Morgan fingerprint density at radius 2 is 2.08 bits per heavy atom. The number of ether oxygens (including phenoxy) is 1. The lowest BCUT2D eigenvalue weighted by Gasteiger charge is -2.31. The van der Waals surface area contributed by atoms with Crippen LogP contribution >= 0.6 is 0 Å². The van der Waals surface area contributed by atoms with Crippen molar-refractivity contribution in [2.75, 3.05) is 26.7 Å². The fraction of sp³-hybridized carbons (Fsp3) is 1.00. The molecule has 0 aromatic heterocycles. The highest BCUT2D eigenvalue weighted by Crippen LogP contribution is 2.12. The number of nitrogens with zero attached hydrogens (tertiary/aromatic N) is 1. The number of piperidine rings is 1. The molecule has 1 unspecified atom stereocenters. The molecule has 1 saturated heterocycles. The van der Waals surface area contributed by atoms with Gasteiger partial charge in [-0.3, -0.25) is 0 Å². The Bertz CT molecular complexity index is 131. The Hall–Kier alpha value is -0.120. The Balaban J connectivity index is 2.10. The molecule has 1 atom stereocenters. The summed E-state index contributed by atoms with van der Waals surface area (Å²) in [5, 5.41) is 0. The number of methoxy groups -OCH3 is 1. The molecular weight excluding hydrogens is 164 g/mol. The Kier molecular flexibility index (Phi) is 4.70. The van der Waals surface area contributed by atoms with Crippen LogP contribution in [0.2, 0.25) is 0 Å². The van der Waals surface area contributed by atoms with Gasteiger partial charge < -0.3 is 15.4 Å². The van der Waals surface area contributed by atoms with Crippen LogP contribution in [0, 0.1) is 0 Å². The standard InChI is InChI=1S/C10H22N2O/c1-9(11)3-6-12-7-4-10(13-2)5-8-12/h9-10H,3-8,11H2,1-2H3. The summed E-state index contributed by atoms with van der Waals surface area (Å²) in [6.45, 7) is 5.56. The lowest BCUT2D eigenvalue weighted by Crippen LogP contribution is -2.38. The molecule has 0 radical (unpaired) electrons. The van der Waals surface area contributed by atoms with Gasteiger partial charge in [-0.2, -0.15) is 0 Å². The van der Waals surface area contributed by atoms with E-state index in [1.54, 1.807) is 0 Å². The Labute approximate surface area is 81.2 Å². The van der Waals surface area contributed by atoms with Gasteiger partial charge in [-0.05, 0) is 32.7 Å². The zero-order chi connectivity index (χ0) is 9.68. The van der Waals surface area contributed by atoms with Crippen molar-refractivity contribution in [1.82, 2.24) is 4.90 Å². The largest absolute Gasteiger partial charge is 0.381 e. The maximum atomic E-state index is 5.71. The average molecular weight is 186 g/mol. The highest BCUT2D eigenvalue weighted by Gasteiger charge is 2.17. The Morgan fingerprint density at radius 1 is 1.46 bits per heavy atom. The first-order chi connectivity index (χ1) is 6.22. The summed E-state index contributed by atoms with van der Waals surface area (Å²) in [7, 11) is 1.81. The van der Waals surface area contributed by atoms with Crippen molar-refractivity contribution in [2.24, 2.45) is 5.73 Å². The molecular formula is C10H22N2O. The molecule has 0 aromatic rings. The predicted molar refractivity (Wildman–Crippen MR) is 54.7 cm³/mol. The van der Waals surface area contributed by atoms with E-state index >= 15 is 0 Å². The van der Waals surface area contributed by atoms with E-state index in [0.717, 1.165) is 13.0 Å². The van der Waals surface area contributed by atoms with Crippen LogP contribution in [-0.2, 0) is 4.74 Å². The second-order valence-corrected chi connectivity index (χ2v) is 4.04. The molecule has 2 N–H and O–H groups in total. The zero-order valence-electron chi connectivity index (χ0n) is 8.83. The smallest absolute Gasteiger partial charge is 0.0595 e. The van der Waals surface area contributed by atoms with Crippen molar-refractivity contribution in [3.05, 3.63) is 0 Å². The molecule has 3 nitrogen and oxygen atoms in total. The minimum Gasteiger partial charge on any atom is -0.381 e. The molecule has 13 heavy (non-hydrogen) atoms. The van der Waals surface area contributed by atoms with E-state index in [0.29, 0.717) is 12.1 Å². The summed E-state index contributed by atoms with van der Waals surface area (Å²) < 4.78 is 5.31. The van der Waals surface area contributed by atoms with Crippen LogP contribution in [0.5, 0.6) is 0 Å². The van der Waals surface area contributed by atoms with Crippen LogP contribution < -0.4 is 5.73 Å². The SMILES string of the molecule is COC1CCN(CCC(C)N)CC1. The first kappa shape index (κ1) is 11.0. The summed E-state index contributed by atoms with van der Waals surface area (Å²) in [6, 6.07) is 0.333. The number of nitrogens with two attached hydrogens (primary N) is 1. The number of hydrogen-bond donors (Lipinski definition) is 1. The summed E-state index contributed by atoms with van der Waals surface area (Å²) in [5.41, 5.74) is 5.71. The molecule has 1 rings (SSSR count). The molecule has 0 aromatic carbocycles. The molecule has 0 aliphatic carbocycles. The van der Waals surface area contributed by atoms with Gasteiger partial charge in [-0.1, -0.05) is 0 Å².